The molecule has 1 aromatic carbocycles. The van der Waals surface area contributed by atoms with Crippen molar-refractivity contribution >= 4 is 17.7 Å². The summed E-state index contributed by atoms with van der Waals surface area (Å²) in [5, 5.41) is 11.2. The van der Waals surface area contributed by atoms with Crippen molar-refractivity contribution in [1.29, 1.82) is 0 Å². The van der Waals surface area contributed by atoms with Gasteiger partial charge in [-0.25, -0.2) is 0 Å². The van der Waals surface area contributed by atoms with E-state index in [0.29, 0.717) is 29.2 Å². The Kier molecular flexibility index (Phi) is 6.30. The molecule has 1 N–H and O–H groups in total. The lowest BCUT2D eigenvalue weighted by atomic mass is 9.97. The average Bonchev–Trinajstić information content (AvgIpc) is 3.07. The van der Waals surface area contributed by atoms with Gasteiger partial charge >= 0.3 is 0 Å². The van der Waals surface area contributed by atoms with Crippen molar-refractivity contribution in [2.75, 3.05) is 20.0 Å². The van der Waals surface area contributed by atoms with Crippen molar-refractivity contribution < 1.29 is 18.7 Å². The number of thioether (sulfide) groups is 1. The van der Waals surface area contributed by atoms with Crippen LogP contribution in [-0.4, -0.2) is 36.1 Å². The molecule has 2 rings (SSSR count). The molecule has 1 amide bonds. The van der Waals surface area contributed by atoms with E-state index >= 15 is 0 Å². The van der Waals surface area contributed by atoms with E-state index in [0.717, 1.165) is 5.56 Å². The molecule has 0 aliphatic carbocycles. The molecule has 0 atom stereocenters. The Morgan fingerprint density at radius 2 is 1.92 bits per heavy atom. The van der Waals surface area contributed by atoms with Crippen LogP contribution in [0.1, 0.15) is 32.2 Å². The minimum atomic E-state index is -0.207. The molecule has 0 unspecified atom stereocenters. The summed E-state index contributed by atoms with van der Waals surface area (Å²) in [6.07, 6.45) is 0. The monoisotopic (exact) mass is 365 g/mol. The quantitative estimate of drug-likeness (QED) is 0.755. The molecule has 0 spiro atoms. The molecule has 7 nitrogen and oxygen atoms in total. The molecule has 0 saturated carbocycles. The molecule has 2 aromatic rings. The highest BCUT2D eigenvalue weighted by Gasteiger charge is 2.21. The first-order valence-corrected chi connectivity index (χ1v) is 8.76. The maximum atomic E-state index is 12.0. The van der Waals surface area contributed by atoms with Gasteiger partial charge < -0.3 is 19.2 Å². The summed E-state index contributed by atoms with van der Waals surface area (Å²) in [7, 11) is 3.16. The van der Waals surface area contributed by atoms with E-state index in [-0.39, 0.29) is 17.1 Å². The van der Waals surface area contributed by atoms with Crippen molar-refractivity contribution in [2.45, 2.75) is 38.0 Å². The molecule has 0 fully saturated rings. The maximum absolute atomic E-state index is 12.0. The van der Waals surface area contributed by atoms with Crippen LogP contribution < -0.4 is 14.8 Å². The molecule has 0 radical (unpaired) electrons. The number of hydrogen-bond donors (Lipinski definition) is 1. The summed E-state index contributed by atoms with van der Waals surface area (Å²) in [5.74, 6) is 1.93. The third-order valence-electron chi connectivity index (χ3n) is 3.31. The smallest absolute Gasteiger partial charge is 0.277 e. The number of amides is 1. The Bertz CT molecular complexity index is 725. The van der Waals surface area contributed by atoms with E-state index in [9.17, 15) is 4.79 Å². The summed E-state index contributed by atoms with van der Waals surface area (Å²) >= 11 is 1.22. The van der Waals surface area contributed by atoms with Crippen molar-refractivity contribution in [3.63, 3.8) is 0 Å². The largest absolute Gasteiger partial charge is 0.493 e. The highest BCUT2D eigenvalue weighted by molar-refractivity contribution is 7.99. The summed E-state index contributed by atoms with van der Waals surface area (Å²) in [6.45, 7) is 6.37. The summed E-state index contributed by atoms with van der Waals surface area (Å²) in [4.78, 5) is 12.0. The SMILES string of the molecule is COc1ccc(CNC(=O)CSc2nnc(C(C)(C)C)o2)cc1OC. The second kappa shape index (κ2) is 8.24. The molecule has 0 aliphatic heterocycles. The van der Waals surface area contributed by atoms with Gasteiger partial charge in [0.15, 0.2) is 11.5 Å². The van der Waals surface area contributed by atoms with Gasteiger partial charge in [-0.15, -0.1) is 10.2 Å². The Balaban J connectivity index is 1.84. The number of rotatable bonds is 7. The van der Waals surface area contributed by atoms with Crippen LogP contribution in [0.4, 0.5) is 0 Å². The lowest BCUT2D eigenvalue weighted by Gasteiger charge is -2.11. The van der Waals surface area contributed by atoms with Crippen LogP contribution in [0.3, 0.4) is 0 Å². The van der Waals surface area contributed by atoms with E-state index in [4.69, 9.17) is 13.9 Å². The number of hydrogen-bond acceptors (Lipinski definition) is 7. The van der Waals surface area contributed by atoms with Crippen molar-refractivity contribution in [1.82, 2.24) is 15.5 Å². The predicted octanol–water partition coefficient (Wildman–Crippen LogP) is 2.79. The van der Waals surface area contributed by atoms with Crippen LogP contribution in [-0.2, 0) is 16.8 Å². The van der Waals surface area contributed by atoms with E-state index in [1.165, 1.54) is 11.8 Å². The van der Waals surface area contributed by atoms with Gasteiger partial charge in [-0.05, 0) is 17.7 Å². The van der Waals surface area contributed by atoms with E-state index in [1.807, 2.05) is 39.0 Å². The third kappa shape index (κ3) is 5.38. The van der Waals surface area contributed by atoms with Gasteiger partial charge in [0.1, 0.15) is 0 Å². The lowest BCUT2D eigenvalue weighted by Crippen LogP contribution is -2.24. The van der Waals surface area contributed by atoms with Crippen LogP contribution in [0.2, 0.25) is 0 Å². The predicted molar refractivity (Wildman–Crippen MR) is 95.1 cm³/mol. The van der Waals surface area contributed by atoms with Crippen LogP contribution in [0, 0.1) is 0 Å². The van der Waals surface area contributed by atoms with Crippen molar-refractivity contribution in [3.05, 3.63) is 29.7 Å². The highest BCUT2D eigenvalue weighted by atomic mass is 32.2. The van der Waals surface area contributed by atoms with Crippen LogP contribution in [0.15, 0.2) is 27.8 Å². The zero-order chi connectivity index (χ0) is 18.4. The molecule has 0 bridgehead atoms. The maximum Gasteiger partial charge on any atom is 0.277 e. The zero-order valence-electron chi connectivity index (χ0n) is 15.1. The Morgan fingerprint density at radius 1 is 1.20 bits per heavy atom. The van der Waals surface area contributed by atoms with E-state index in [1.54, 1.807) is 14.2 Å². The molecule has 1 heterocycles. The number of ether oxygens (including phenoxy) is 2. The van der Waals surface area contributed by atoms with Gasteiger partial charge in [0.25, 0.3) is 5.22 Å². The van der Waals surface area contributed by atoms with E-state index < -0.39 is 0 Å². The topological polar surface area (TPSA) is 86.5 Å². The van der Waals surface area contributed by atoms with Crippen molar-refractivity contribution in [2.24, 2.45) is 0 Å². The fourth-order valence-corrected chi connectivity index (χ4v) is 2.53. The minimum Gasteiger partial charge on any atom is -0.493 e. The number of methoxy groups -OCH3 is 2. The fraction of sp³-hybridized carbons (Fsp3) is 0.471. The summed E-state index contributed by atoms with van der Waals surface area (Å²) < 4.78 is 16.0. The van der Waals surface area contributed by atoms with Gasteiger partial charge in [-0.3, -0.25) is 4.79 Å². The fourth-order valence-electron chi connectivity index (χ4n) is 1.94. The standard InChI is InChI=1S/C17H23N3O4S/c1-17(2,3)15-19-20-16(24-15)25-10-14(21)18-9-11-6-7-12(22-4)13(8-11)23-5/h6-8H,9-10H2,1-5H3,(H,18,21). The lowest BCUT2D eigenvalue weighted by molar-refractivity contribution is -0.118. The van der Waals surface area contributed by atoms with Gasteiger partial charge in [0, 0.05) is 12.0 Å². The molecular formula is C17H23N3O4S. The second-order valence-corrected chi connectivity index (χ2v) is 7.30. The molecule has 1 aromatic heterocycles. The minimum absolute atomic E-state index is 0.115. The van der Waals surface area contributed by atoms with Gasteiger partial charge in [-0.2, -0.15) is 0 Å². The van der Waals surface area contributed by atoms with Gasteiger partial charge in [0.2, 0.25) is 11.8 Å². The molecule has 8 heteroatoms. The number of carbonyl (C=O) groups is 1. The summed E-state index contributed by atoms with van der Waals surface area (Å²) in [5.41, 5.74) is 0.713. The van der Waals surface area contributed by atoms with Gasteiger partial charge in [-0.1, -0.05) is 38.6 Å². The molecule has 0 saturated heterocycles. The number of nitrogens with one attached hydrogen (secondary N) is 1. The highest BCUT2D eigenvalue weighted by Crippen LogP contribution is 2.27. The summed E-state index contributed by atoms with van der Waals surface area (Å²) in [6, 6.07) is 5.52. The Hall–Kier alpha value is -2.22. The number of carbonyl (C=O) groups excluding carboxylic acids is 1. The molecule has 0 aliphatic rings. The Morgan fingerprint density at radius 3 is 2.52 bits per heavy atom. The van der Waals surface area contributed by atoms with Gasteiger partial charge in [0.05, 0.1) is 20.0 Å². The van der Waals surface area contributed by atoms with Crippen LogP contribution in [0.5, 0.6) is 11.5 Å². The number of nitrogens with zero attached hydrogens (tertiary/aromatic N) is 2. The Labute approximate surface area is 151 Å². The van der Waals surface area contributed by atoms with Crippen molar-refractivity contribution in [3.8, 4) is 11.5 Å². The third-order valence-corrected chi connectivity index (χ3v) is 4.13. The normalized spacial score (nSPS) is 11.2. The average molecular weight is 365 g/mol. The van der Waals surface area contributed by atoms with Crippen LogP contribution >= 0.6 is 11.8 Å². The number of aromatic nitrogens is 2. The molecular weight excluding hydrogens is 342 g/mol. The second-order valence-electron chi connectivity index (χ2n) is 6.38. The first-order valence-electron chi connectivity index (χ1n) is 7.78. The zero-order valence-corrected chi connectivity index (χ0v) is 15.9. The first-order chi connectivity index (χ1) is 11.8. The number of benzene rings is 1. The first kappa shape index (κ1) is 19.1. The van der Waals surface area contributed by atoms with Crippen LogP contribution in [0.25, 0.3) is 0 Å². The molecule has 136 valence electrons. The molecule has 25 heavy (non-hydrogen) atoms. The van der Waals surface area contributed by atoms with E-state index in [2.05, 4.69) is 15.5 Å².